The Kier molecular flexibility index (Phi) is 4.46. The largest absolute Gasteiger partial charge is 0.309 e. The third-order valence-corrected chi connectivity index (χ3v) is 2.68. The first-order valence-corrected chi connectivity index (χ1v) is 5.30. The lowest BCUT2D eigenvalue weighted by Gasteiger charge is -2.25. The summed E-state index contributed by atoms with van der Waals surface area (Å²) in [6.45, 7) is 9.13. The fourth-order valence-electron chi connectivity index (χ4n) is 1.58. The van der Waals surface area contributed by atoms with Crippen molar-refractivity contribution in [2.75, 3.05) is 33.2 Å². The number of likely N-dealkylation sites (N-methyl/N-ethyl adjacent to an activating group) is 1. The van der Waals surface area contributed by atoms with Gasteiger partial charge in [-0.3, -0.25) is 0 Å². The highest BCUT2D eigenvalue weighted by molar-refractivity contribution is 5.22. The van der Waals surface area contributed by atoms with E-state index in [4.69, 9.17) is 0 Å². The molecule has 76 valence electrons. The maximum absolute atomic E-state index is 3.28. The molecular formula is C11H22N2. The first kappa shape index (κ1) is 10.7. The third kappa shape index (κ3) is 3.49. The molecule has 13 heavy (non-hydrogen) atoms. The van der Waals surface area contributed by atoms with E-state index in [1.165, 1.54) is 19.4 Å². The van der Waals surface area contributed by atoms with Crippen molar-refractivity contribution in [3.8, 4) is 0 Å². The van der Waals surface area contributed by atoms with Gasteiger partial charge in [0, 0.05) is 19.6 Å². The van der Waals surface area contributed by atoms with Gasteiger partial charge in [-0.1, -0.05) is 18.9 Å². The molecule has 2 nitrogen and oxygen atoms in total. The molecule has 0 bridgehead atoms. The second kappa shape index (κ2) is 5.40. The van der Waals surface area contributed by atoms with Crippen molar-refractivity contribution in [1.82, 2.24) is 10.2 Å². The van der Waals surface area contributed by atoms with Gasteiger partial charge in [0.25, 0.3) is 0 Å². The molecule has 1 saturated heterocycles. The fraction of sp³-hybridized carbons (Fsp3) is 0.818. The minimum atomic E-state index is 1.12. The molecule has 0 aromatic rings. The van der Waals surface area contributed by atoms with Crippen molar-refractivity contribution in [1.29, 1.82) is 0 Å². The summed E-state index contributed by atoms with van der Waals surface area (Å²) in [6.07, 6.45) is 2.61. The average Bonchev–Trinajstić information content (AvgIpc) is 1.97. The Labute approximate surface area is 82.0 Å². The van der Waals surface area contributed by atoms with Crippen LogP contribution >= 0.6 is 0 Å². The maximum Gasteiger partial charge on any atom is 0.0190 e. The Morgan fingerprint density at radius 3 is 2.62 bits per heavy atom. The summed E-state index contributed by atoms with van der Waals surface area (Å²) in [6, 6.07) is 0. The lowest BCUT2D eigenvalue weighted by molar-refractivity contribution is 0.352. The second-order valence-electron chi connectivity index (χ2n) is 4.08. The summed E-state index contributed by atoms with van der Waals surface area (Å²) in [5, 5.41) is 3.28. The minimum absolute atomic E-state index is 1.12. The molecule has 1 fully saturated rings. The minimum Gasteiger partial charge on any atom is -0.309 e. The van der Waals surface area contributed by atoms with E-state index in [0.717, 1.165) is 19.6 Å². The Morgan fingerprint density at radius 1 is 1.46 bits per heavy atom. The van der Waals surface area contributed by atoms with E-state index < -0.39 is 0 Å². The Bertz CT molecular complexity index is 179. The number of unbranched alkanes of at least 4 members (excludes halogenated alkanes) is 1. The quantitative estimate of drug-likeness (QED) is 0.650. The summed E-state index contributed by atoms with van der Waals surface area (Å²) >= 11 is 0. The molecule has 0 aromatic heterocycles. The maximum atomic E-state index is 3.28. The van der Waals surface area contributed by atoms with Gasteiger partial charge in [0.15, 0.2) is 0 Å². The number of hydrogen-bond acceptors (Lipinski definition) is 2. The van der Waals surface area contributed by atoms with Gasteiger partial charge in [-0.25, -0.2) is 0 Å². The van der Waals surface area contributed by atoms with Gasteiger partial charge < -0.3 is 10.2 Å². The molecule has 1 N–H and O–H groups in total. The van der Waals surface area contributed by atoms with Crippen molar-refractivity contribution in [3.05, 3.63) is 11.1 Å². The van der Waals surface area contributed by atoms with Crippen LogP contribution in [0.4, 0.5) is 0 Å². The molecule has 1 rings (SSSR count). The van der Waals surface area contributed by atoms with Crippen molar-refractivity contribution in [2.24, 2.45) is 0 Å². The standard InChI is InChI=1S/C11H22N2/c1-4-5-6-13(3)9-10(2)11-7-12-8-11/h12H,4-9H2,1-3H3. The zero-order chi connectivity index (χ0) is 9.68. The second-order valence-corrected chi connectivity index (χ2v) is 4.08. The molecular weight excluding hydrogens is 160 g/mol. The van der Waals surface area contributed by atoms with Gasteiger partial charge in [-0.2, -0.15) is 0 Å². The van der Waals surface area contributed by atoms with Crippen LogP contribution in [0.1, 0.15) is 26.7 Å². The van der Waals surface area contributed by atoms with Crippen LogP contribution in [0, 0.1) is 0 Å². The van der Waals surface area contributed by atoms with Gasteiger partial charge in [0.05, 0.1) is 0 Å². The number of rotatable bonds is 5. The van der Waals surface area contributed by atoms with E-state index in [1.54, 1.807) is 11.1 Å². The van der Waals surface area contributed by atoms with Crippen molar-refractivity contribution < 1.29 is 0 Å². The lowest BCUT2D eigenvalue weighted by atomic mass is 10.0. The number of nitrogens with zero attached hydrogens (tertiary/aromatic N) is 1. The topological polar surface area (TPSA) is 15.3 Å². The molecule has 0 atom stereocenters. The van der Waals surface area contributed by atoms with Gasteiger partial charge in [-0.15, -0.1) is 0 Å². The van der Waals surface area contributed by atoms with E-state index in [9.17, 15) is 0 Å². The highest BCUT2D eigenvalue weighted by atomic mass is 15.1. The zero-order valence-corrected chi connectivity index (χ0v) is 9.19. The van der Waals surface area contributed by atoms with Gasteiger partial charge >= 0.3 is 0 Å². The molecule has 0 spiro atoms. The summed E-state index contributed by atoms with van der Waals surface area (Å²) < 4.78 is 0. The van der Waals surface area contributed by atoms with E-state index in [-0.39, 0.29) is 0 Å². The Morgan fingerprint density at radius 2 is 2.15 bits per heavy atom. The highest BCUT2D eigenvalue weighted by Crippen LogP contribution is 2.09. The molecule has 0 aromatic carbocycles. The van der Waals surface area contributed by atoms with Crippen molar-refractivity contribution in [2.45, 2.75) is 26.7 Å². The van der Waals surface area contributed by atoms with Crippen LogP contribution < -0.4 is 5.32 Å². The normalized spacial score (nSPS) is 16.2. The summed E-state index contributed by atoms with van der Waals surface area (Å²) in [7, 11) is 2.21. The predicted molar refractivity (Wildman–Crippen MR) is 58.0 cm³/mol. The smallest absolute Gasteiger partial charge is 0.0190 e. The van der Waals surface area contributed by atoms with Crippen LogP contribution in [0.5, 0.6) is 0 Å². The molecule has 0 radical (unpaired) electrons. The Hall–Kier alpha value is -0.340. The molecule has 0 saturated carbocycles. The Balaban J connectivity index is 2.22. The van der Waals surface area contributed by atoms with Crippen LogP contribution in [0.25, 0.3) is 0 Å². The predicted octanol–water partition coefficient (Wildman–Crippen LogP) is 1.64. The van der Waals surface area contributed by atoms with E-state index >= 15 is 0 Å². The monoisotopic (exact) mass is 182 g/mol. The SMILES string of the molecule is CCCCN(C)CC(C)=C1CNC1. The molecule has 0 amide bonds. The summed E-state index contributed by atoms with van der Waals surface area (Å²) in [5.41, 5.74) is 3.18. The summed E-state index contributed by atoms with van der Waals surface area (Å²) in [4.78, 5) is 2.42. The molecule has 1 aliphatic rings. The summed E-state index contributed by atoms with van der Waals surface area (Å²) in [5.74, 6) is 0. The van der Waals surface area contributed by atoms with Crippen LogP contribution in [-0.2, 0) is 0 Å². The first-order valence-electron chi connectivity index (χ1n) is 5.30. The van der Waals surface area contributed by atoms with Gasteiger partial charge in [-0.05, 0) is 32.5 Å². The molecule has 0 unspecified atom stereocenters. The van der Waals surface area contributed by atoms with Gasteiger partial charge in [0.1, 0.15) is 0 Å². The van der Waals surface area contributed by atoms with E-state index in [1.807, 2.05) is 0 Å². The molecule has 0 aliphatic carbocycles. The zero-order valence-electron chi connectivity index (χ0n) is 9.19. The van der Waals surface area contributed by atoms with E-state index in [0.29, 0.717) is 0 Å². The molecule has 1 aliphatic heterocycles. The van der Waals surface area contributed by atoms with Crippen LogP contribution in [0.15, 0.2) is 11.1 Å². The van der Waals surface area contributed by atoms with Crippen molar-refractivity contribution >= 4 is 0 Å². The van der Waals surface area contributed by atoms with Crippen LogP contribution in [0.2, 0.25) is 0 Å². The molecule has 2 heteroatoms. The molecule has 1 heterocycles. The first-order chi connectivity index (χ1) is 6.24. The van der Waals surface area contributed by atoms with Gasteiger partial charge in [0.2, 0.25) is 0 Å². The lowest BCUT2D eigenvalue weighted by Crippen LogP contribution is -2.36. The average molecular weight is 182 g/mol. The van der Waals surface area contributed by atoms with Crippen LogP contribution in [0.3, 0.4) is 0 Å². The fourth-order valence-corrected chi connectivity index (χ4v) is 1.58. The van der Waals surface area contributed by atoms with E-state index in [2.05, 4.69) is 31.1 Å². The number of hydrogen-bond donors (Lipinski definition) is 1. The van der Waals surface area contributed by atoms with Crippen molar-refractivity contribution in [3.63, 3.8) is 0 Å². The third-order valence-electron chi connectivity index (χ3n) is 2.68. The number of nitrogens with one attached hydrogen (secondary N) is 1. The van der Waals surface area contributed by atoms with Crippen LogP contribution in [-0.4, -0.2) is 38.1 Å². The highest BCUT2D eigenvalue weighted by Gasteiger charge is 2.11.